The van der Waals surface area contributed by atoms with Gasteiger partial charge in [0.25, 0.3) is 5.91 Å². The van der Waals surface area contributed by atoms with Gasteiger partial charge in [0.15, 0.2) is 0 Å². The fraction of sp³-hybridized carbons (Fsp3) is 0.345. The molecule has 1 saturated carbocycles. The third kappa shape index (κ3) is 6.47. The second kappa shape index (κ2) is 10.9. The van der Waals surface area contributed by atoms with Crippen LogP contribution in [0.2, 0.25) is 0 Å². The van der Waals surface area contributed by atoms with Gasteiger partial charge in [-0.3, -0.25) is 9.69 Å². The first-order chi connectivity index (χ1) is 18.9. The molecule has 0 spiro atoms. The van der Waals surface area contributed by atoms with Crippen molar-refractivity contribution >= 4 is 15.9 Å². The van der Waals surface area contributed by atoms with Crippen LogP contribution >= 0.6 is 0 Å². The molecule has 1 N–H and O–H groups in total. The second-order valence-electron chi connectivity index (χ2n) is 10.4. The van der Waals surface area contributed by atoms with E-state index in [4.69, 9.17) is 4.74 Å². The molecule has 1 amide bonds. The number of benzene rings is 3. The van der Waals surface area contributed by atoms with Crippen LogP contribution < -0.4 is 9.46 Å². The van der Waals surface area contributed by atoms with Gasteiger partial charge in [0, 0.05) is 25.1 Å². The number of nitrogens with zero attached hydrogens (tertiary/aromatic N) is 1. The van der Waals surface area contributed by atoms with Gasteiger partial charge in [-0.15, -0.1) is 0 Å². The number of alkyl halides is 3. The first-order valence-electron chi connectivity index (χ1n) is 12.8. The highest BCUT2D eigenvalue weighted by Crippen LogP contribution is 2.45. The highest BCUT2D eigenvalue weighted by molar-refractivity contribution is 7.89. The molecule has 3 aromatic rings. The molecule has 1 heterocycles. The molecule has 0 aromatic heterocycles. The van der Waals surface area contributed by atoms with Crippen LogP contribution in [0, 0.1) is 11.7 Å². The molecule has 1 saturated heterocycles. The van der Waals surface area contributed by atoms with Gasteiger partial charge >= 0.3 is 6.18 Å². The standard InChI is InChI=1S/C29H28F4N2O4S/c1-40(37,38)34-28(36)24-13-23(19-7-8-19)26(14-25(24)30)39-17-18-15-35(16-18)27(20-5-3-2-4-6-20)21-9-11-22(12-10-21)29(31,32)33/h2-6,9-14,18-19,27H,7-8,15-17H2,1H3,(H,34,36). The van der Waals surface area contributed by atoms with E-state index >= 15 is 0 Å². The Kier molecular flexibility index (Phi) is 7.62. The molecule has 40 heavy (non-hydrogen) atoms. The van der Waals surface area contributed by atoms with Crippen molar-refractivity contribution in [3.63, 3.8) is 0 Å². The van der Waals surface area contributed by atoms with Crippen molar-refractivity contribution in [2.45, 2.75) is 31.0 Å². The van der Waals surface area contributed by atoms with Gasteiger partial charge in [-0.2, -0.15) is 13.2 Å². The zero-order valence-corrected chi connectivity index (χ0v) is 22.4. The largest absolute Gasteiger partial charge is 0.493 e. The Morgan fingerprint density at radius 1 is 1.02 bits per heavy atom. The summed E-state index contributed by atoms with van der Waals surface area (Å²) in [6.07, 6.45) is -1.87. The Bertz CT molecular complexity index is 1480. The van der Waals surface area contributed by atoms with E-state index in [1.165, 1.54) is 18.2 Å². The number of nitrogens with one attached hydrogen (secondary N) is 1. The molecule has 1 aliphatic carbocycles. The fourth-order valence-electron chi connectivity index (χ4n) is 5.04. The van der Waals surface area contributed by atoms with Crippen molar-refractivity contribution < 1.29 is 35.5 Å². The Balaban J connectivity index is 1.28. The zero-order chi connectivity index (χ0) is 28.7. The first-order valence-corrected chi connectivity index (χ1v) is 14.7. The number of likely N-dealkylation sites (tertiary alicyclic amines) is 1. The third-order valence-corrected chi connectivity index (χ3v) is 7.69. The monoisotopic (exact) mass is 576 g/mol. The molecular weight excluding hydrogens is 548 g/mol. The SMILES string of the molecule is CS(=O)(=O)NC(=O)c1cc(C2CC2)c(OCC2CN(C(c3ccccc3)c3ccc(C(F)(F)F)cc3)C2)cc1F. The Morgan fingerprint density at radius 3 is 2.23 bits per heavy atom. The maximum absolute atomic E-state index is 14.8. The Labute approximate surface area is 230 Å². The van der Waals surface area contributed by atoms with E-state index in [0.29, 0.717) is 31.0 Å². The quantitative estimate of drug-likeness (QED) is 0.340. The minimum atomic E-state index is -4.41. The number of carbonyl (C=O) groups excluding carboxylic acids is 1. The molecular formula is C29H28F4N2O4S. The van der Waals surface area contributed by atoms with Crippen LogP contribution in [0.25, 0.3) is 0 Å². The molecule has 0 bridgehead atoms. The average Bonchev–Trinajstić information content (AvgIpc) is 3.70. The summed E-state index contributed by atoms with van der Waals surface area (Å²) in [4.78, 5) is 14.4. The van der Waals surface area contributed by atoms with E-state index < -0.39 is 33.5 Å². The van der Waals surface area contributed by atoms with Gasteiger partial charge in [-0.05, 0) is 53.6 Å². The van der Waals surface area contributed by atoms with E-state index in [-0.39, 0.29) is 23.4 Å². The Morgan fingerprint density at radius 2 is 1.65 bits per heavy atom. The molecule has 1 unspecified atom stereocenters. The Hall–Kier alpha value is -3.44. The minimum absolute atomic E-state index is 0.101. The average molecular weight is 577 g/mol. The number of halogens is 4. The van der Waals surface area contributed by atoms with Gasteiger partial charge in [0.2, 0.25) is 10.0 Å². The van der Waals surface area contributed by atoms with Crippen LogP contribution in [0.5, 0.6) is 5.75 Å². The first kappa shape index (κ1) is 28.1. The van der Waals surface area contributed by atoms with Crippen molar-refractivity contribution in [3.05, 3.63) is 100 Å². The van der Waals surface area contributed by atoms with Gasteiger partial charge < -0.3 is 4.74 Å². The lowest BCUT2D eigenvalue weighted by Gasteiger charge is -2.44. The molecule has 5 rings (SSSR count). The lowest BCUT2D eigenvalue weighted by Crippen LogP contribution is -2.51. The number of rotatable bonds is 9. The van der Waals surface area contributed by atoms with E-state index in [1.807, 2.05) is 30.3 Å². The lowest BCUT2D eigenvalue weighted by atomic mass is 9.90. The van der Waals surface area contributed by atoms with Crippen LogP contribution in [-0.2, 0) is 16.2 Å². The van der Waals surface area contributed by atoms with E-state index in [2.05, 4.69) is 4.90 Å². The molecule has 212 valence electrons. The van der Waals surface area contributed by atoms with Crippen LogP contribution in [0.15, 0.2) is 66.7 Å². The number of amides is 1. The van der Waals surface area contributed by atoms with E-state index in [1.54, 1.807) is 4.72 Å². The predicted molar refractivity (Wildman–Crippen MR) is 141 cm³/mol. The van der Waals surface area contributed by atoms with Gasteiger partial charge in [0.1, 0.15) is 11.6 Å². The molecule has 2 fully saturated rings. The molecule has 3 aromatic carbocycles. The van der Waals surface area contributed by atoms with Crippen LogP contribution in [-0.4, -0.2) is 45.2 Å². The smallest absolute Gasteiger partial charge is 0.416 e. The van der Waals surface area contributed by atoms with Crippen molar-refractivity contribution in [3.8, 4) is 5.75 Å². The summed E-state index contributed by atoms with van der Waals surface area (Å²) in [5.74, 6) is -1.36. The number of sulfonamides is 1. The van der Waals surface area contributed by atoms with E-state index in [0.717, 1.165) is 48.4 Å². The second-order valence-corrected chi connectivity index (χ2v) is 12.2. The summed E-state index contributed by atoms with van der Waals surface area (Å²) < 4.78 is 84.7. The van der Waals surface area contributed by atoms with Gasteiger partial charge in [-0.25, -0.2) is 17.5 Å². The van der Waals surface area contributed by atoms with Crippen molar-refractivity contribution in [1.82, 2.24) is 9.62 Å². The summed E-state index contributed by atoms with van der Waals surface area (Å²) in [5.41, 5.74) is 1.33. The van der Waals surface area contributed by atoms with Crippen molar-refractivity contribution in [1.29, 1.82) is 0 Å². The molecule has 0 radical (unpaired) electrons. The summed E-state index contributed by atoms with van der Waals surface area (Å²) in [6.45, 7) is 1.53. The number of hydrogen-bond donors (Lipinski definition) is 1. The fourth-order valence-corrected chi connectivity index (χ4v) is 5.49. The number of hydrogen-bond acceptors (Lipinski definition) is 5. The third-order valence-electron chi connectivity index (χ3n) is 7.13. The van der Waals surface area contributed by atoms with Crippen LogP contribution in [0.3, 0.4) is 0 Å². The molecule has 6 nitrogen and oxygen atoms in total. The summed E-state index contributed by atoms with van der Waals surface area (Å²) in [6, 6.07) is 17.0. The lowest BCUT2D eigenvalue weighted by molar-refractivity contribution is -0.137. The summed E-state index contributed by atoms with van der Waals surface area (Å²) in [5, 5.41) is 0. The molecule has 1 atom stereocenters. The van der Waals surface area contributed by atoms with Crippen LogP contribution in [0.1, 0.15) is 57.4 Å². The maximum atomic E-state index is 14.8. The van der Waals surface area contributed by atoms with Gasteiger partial charge in [0.05, 0.1) is 30.0 Å². The van der Waals surface area contributed by atoms with E-state index in [9.17, 15) is 30.8 Å². The predicted octanol–water partition coefficient (Wildman–Crippen LogP) is 5.51. The minimum Gasteiger partial charge on any atom is -0.493 e. The maximum Gasteiger partial charge on any atom is 0.416 e. The normalized spacial score (nSPS) is 17.2. The zero-order valence-electron chi connectivity index (χ0n) is 21.6. The van der Waals surface area contributed by atoms with Gasteiger partial charge in [-0.1, -0.05) is 42.5 Å². The highest BCUT2D eigenvalue weighted by Gasteiger charge is 2.36. The molecule has 1 aliphatic heterocycles. The van der Waals surface area contributed by atoms with Crippen molar-refractivity contribution in [2.24, 2.45) is 5.92 Å². The summed E-state index contributed by atoms with van der Waals surface area (Å²) in [7, 11) is -3.85. The molecule has 11 heteroatoms. The summed E-state index contributed by atoms with van der Waals surface area (Å²) >= 11 is 0. The number of ether oxygens (including phenoxy) is 1. The topological polar surface area (TPSA) is 75.7 Å². The van der Waals surface area contributed by atoms with Crippen molar-refractivity contribution in [2.75, 3.05) is 26.0 Å². The number of carbonyl (C=O) groups is 1. The van der Waals surface area contributed by atoms with Crippen LogP contribution in [0.4, 0.5) is 17.6 Å². The molecule has 2 aliphatic rings. The highest BCUT2D eigenvalue weighted by atomic mass is 32.2.